The highest BCUT2D eigenvalue weighted by Gasteiger charge is 2.59. The minimum atomic E-state index is -5.86. The molecule has 1 aromatic rings. The first kappa shape index (κ1) is 15.3. The summed E-state index contributed by atoms with van der Waals surface area (Å²) in [4.78, 5) is 0. The Hall–Kier alpha value is -1.74. The van der Waals surface area contributed by atoms with Gasteiger partial charge in [-0.05, 0) is 12.1 Å². The SMILES string of the molecule is Nc1ccc(F)c(F)c1OC(C(F)(F)F)C(F)(F)F. The molecule has 0 fully saturated rings. The van der Waals surface area contributed by atoms with Gasteiger partial charge in [0.05, 0.1) is 5.69 Å². The molecule has 0 aliphatic heterocycles. The minimum absolute atomic E-state index is 0.438. The summed E-state index contributed by atoms with van der Waals surface area (Å²) in [5.41, 5.74) is 4.07. The molecule has 0 aliphatic carbocycles. The predicted molar refractivity (Wildman–Crippen MR) is 47.3 cm³/mol. The molecule has 0 aromatic heterocycles. The molecule has 0 radical (unpaired) electrons. The molecule has 0 aliphatic rings. The van der Waals surface area contributed by atoms with Gasteiger partial charge in [0.25, 0.3) is 6.10 Å². The van der Waals surface area contributed by atoms with Crippen LogP contribution in [0.4, 0.5) is 40.8 Å². The molecule has 0 saturated carbocycles. The van der Waals surface area contributed by atoms with E-state index in [0.717, 1.165) is 0 Å². The van der Waals surface area contributed by atoms with E-state index in [1.54, 1.807) is 0 Å². The molecule has 0 heterocycles. The number of hydrogen-bond donors (Lipinski definition) is 1. The predicted octanol–water partition coefficient (Wildman–Crippen LogP) is 3.42. The van der Waals surface area contributed by atoms with Gasteiger partial charge in [0.2, 0.25) is 5.82 Å². The zero-order valence-corrected chi connectivity index (χ0v) is 8.74. The Morgan fingerprint density at radius 3 is 1.84 bits per heavy atom. The van der Waals surface area contributed by atoms with Gasteiger partial charge in [0.15, 0.2) is 11.6 Å². The average Bonchev–Trinajstić information content (AvgIpc) is 2.20. The van der Waals surface area contributed by atoms with Gasteiger partial charge in [-0.15, -0.1) is 0 Å². The monoisotopic (exact) mass is 295 g/mol. The fourth-order valence-electron chi connectivity index (χ4n) is 1.10. The standard InChI is InChI=1S/C9H5F8NO/c10-3-1-2-4(18)6(5(3)11)19-7(8(12,13)14)9(15,16)17/h1-2,7H,18H2. The zero-order valence-electron chi connectivity index (χ0n) is 8.74. The molecule has 10 heteroatoms. The minimum Gasteiger partial charge on any atom is -0.466 e. The van der Waals surface area contributed by atoms with Gasteiger partial charge in [-0.1, -0.05) is 0 Å². The van der Waals surface area contributed by atoms with Crippen LogP contribution in [0, 0.1) is 11.6 Å². The van der Waals surface area contributed by atoms with Crippen molar-refractivity contribution in [2.45, 2.75) is 18.5 Å². The van der Waals surface area contributed by atoms with Gasteiger partial charge >= 0.3 is 12.4 Å². The van der Waals surface area contributed by atoms with E-state index in [9.17, 15) is 35.1 Å². The van der Waals surface area contributed by atoms with Crippen LogP contribution in [-0.2, 0) is 0 Å². The highest BCUT2D eigenvalue weighted by Crippen LogP contribution is 2.39. The zero-order chi connectivity index (χ0) is 15.0. The van der Waals surface area contributed by atoms with Crippen molar-refractivity contribution in [3.63, 3.8) is 0 Å². The third-order valence-corrected chi connectivity index (χ3v) is 1.91. The van der Waals surface area contributed by atoms with Crippen LogP contribution in [0.5, 0.6) is 5.75 Å². The third kappa shape index (κ3) is 3.38. The summed E-state index contributed by atoms with van der Waals surface area (Å²) in [7, 11) is 0. The second-order valence-corrected chi connectivity index (χ2v) is 3.36. The number of benzene rings is 1. The van der Waals surface area contributed by atoms with Gasteiger partial charge in [0, 0.05) is 0 Å². The highest BCUT2D eigenvalue weighted by atomic mass is 19.4. The fraction of sp³-hybridized carbons (Fsp3) is 0.333. The third-order valence-electron chi connectivity index (χ3n) is 1.91. The van der Waals surface area contributed by atoms with E-state index < -0.39 is 41.5 Å². The first-order valence-corrected chi connectivity index (χ1v) is 4.48. The molecule has 19 heavy (non-hydrogen) atoms. The van der Waals surface area contributed by atoms with Gasteiger partial charge in [-0.25, -0.2) is 4.39 Å². The molecule has 1 aromatic carbocycles. The van der Waals surface area contributed by atoms with Crippen LogP contribution in [0.1, 0.15) is 0 Å². The van der Waals surface area contributed by atoms with Crippen LogP contribution in [0.2, 0.25) is 0 Å². The molecular weight excluding hydrogens is 290 g/mol. The number of anilines is 1. The van der Waals surface area contributed by atoms with Crippen molar-refractivity contribution in [1.29, 1.82) is 0 Å². The van der Waals surface area contributed by atoms with E-state index in [1.807, 2.05) is 0 Å². The summed E-state index contributed by atoms with van der Waals surface area (Å²) in [6.07, 6.45) is -16.0. The Labute approximate surface area is 100 Å². The first-order chi connectivity index (χ1) is 8.44. The molecule has 108 valence electrons. The molecular formula is C9H5F8NO. The Bertz CT molecular complexity index is 453. The summed E-state index contributed by atoms with van der Waals surface area (Å²) in [6, 6.07) is 1.02. The Balaban J connectivity index is 3.22. The summed E-state index contributed by atoms with van der Waals surface area (Å²) >= 11 is 0. The van der Waals surface area contributed by atoms with Gasteiger partial charge in [0.1, 0.15) is 0 Å². The lowest BCUT2D eigenvalue weighted by atomic mass is 10.2. The van der Waals surface area contributed by atoms with E-state index in [1.165, 1.54) is 0 Å². The number of hydrogen-bond acceptors (Lipinski definition) is 2. The van der Waals surface area contributed by atoms with Crippen molar-refractivity contribution in [3.05, 3.63) is 23.8 Å². The molecule has 2 nitrogen and oxygen atoms in total. The average molecular weight is 295 g/mol. The number of rotatable bonds is 2. The van der Waals surface area contributed by atoms with Crippen molar-refractivity contribution < 1.29 is 39.9 Å². The van der Waals surface area contributed by atoms with Crippen LogP contribution >= 0.6 is 0 Å². The van der Waals surface area contributed by atoms with E-state index in [-0.39, 0.29) is 0 Å². The van der Waals surface area contributed by atoms with Crippen LogP contribution in [0.3, 0.4) is 0 Å². The molecule has 0 amide bonds. The van der Waals surface area contributed by atoms with Gasteiger partial charge < -0.3 is 10.5 Å². The number of halogens is 8. The van der Waals surface area contributed by atoms with Crippen LogP contribution in [-0.4, -0.2) is 18.5 Å². The lowest BCUT2D eigenvalue weighted by Crippen LogP contribution is -2.46. The molecule has 0 bridgehead atoms. The number of ether oxygens (including phenoxy) is 1. The molecule has 0 unspecified atom stereocenters. The molecule has 0 spiro atoms. The van der Waals surface area contributed by atoms with Crippen molar-refractivity contribution in [3.8, 4) is 5.75 Å². The van der Waals surface area contributed by atoms with Crippen molar-refractivity contribution in [1.82, 2.24) is 0 Å². The largest absolute Gasteiger partial charge is 0.466 e. The Morgan fingerprint density at radius 2 is 1.42 bits per heavy atom. The number of nitrogen functional groups attached to an aromatic ring is 1. The number of nitrogens with two attached hydrogens (primary N) is 1. The van der Waals surface area contributed by atoms with Crippen molar-refractivity contribution >= 4 is 5.69 Å². The normalized spacial score (nSPS) is 12.9. The molecule has 2 N–H and O–H groups in total. The van der Waals surface area contributed by atoms with E-state index in [0.29, 0.717) is 12.1 Å². The smallest absolute Gasteiger partial charge is 0.434 e. The second kappa shape index (κ2) is 4.74. The molecule has 0 atom stereocenters. The lowest BCUT2D eigenvalue weighted by molar-refractivity contribution is -0.300. The maximum absolute atomic E-state index is 13.1. The summed E-state index contributed by atoms with van der Waals surface area (Å²) < 4.78 is 102. The van der Waals surface area contributed by atoms with Crippen molar-refractivity contribution in [2.24, 2.45) is 0 Å². The Kier molecular flexibility index (Phi) is 3.82. The maximum atomic E-state index is 13.1. The fourth-order valence-corrected chi connectivity index (χ4v) is 1.10. The van der Waals surface area contributed by atoms with E-state index >= 15 is 0 Å². The Morgan fingerprint density at radius 1 is 0.947 bits per heavy atom. The van der Waals surface area contributed by atoms with E-state index in [4.69, 9.17) is 5.73 Å². The quantitative estimate of drug-likeness (QED) is 0.670. The highest BCUT2D eigenvalue weighted by molar-refractivity contribution is 5.53. The lowest BCUT2D eigenvalue weighted by Gasteiger charge is -2.24. The maximum Gasteiger partial charge on any atom is 0.434 e. The van der Waals surface area contributed by atoms with Crippen LogP contribution in [0.25, 0.3) is 0 Å². The summed E-state index contributed by atoms with van der Waals surface area (Å²) in [5.74, 6) is -5.36. The van der Waals surface area contributed by atoms with Gasteiger partial charge in [-0.2, -0.15) is 30.7 Å². The second-order valence-electron chi connectivity index (χ2n) is 3.36. The molecule has 1 rings (SSSR count). The summed E-state index contributed by atoms with van der Waals surface area (Å²) in [6.45, 7) is 0. The summed E-state index contributed by atoms with van der Waals surface area (Å²) in [5, 5.41) is 0. The van der Waals surface area contributed by atoms with Crippen molar-refractivity contribution in [2.75, 3.05) is 5.73 Å². The van der Waals surface area contributed by atoms with Gasteiger partial charge in [-0.3, -0.25) is 0 Å². The van der Waals surface area contributed by atoms with E-state index in [2.05, 4.69) is 4.74 Å². The van der Waals surface area contributed by atoms with Crippen LogP contribution < -0.4 is 10.5 Å². The number of alkyl halides is 6. The topological polar surface area (TPSA) is 35.2 Å². The molecule has 0 saturated heterocycles. The first-order valence-electron chi connectivity index (χ1n) is 4.48. The van der Waals surface area contributed by atoms with Crippen LogP contribution in [0.15, 0.2) is 12.1 Å².